The first kappa shape index (κ1) is 13.9. The van der Waals surface area contributed by atoms with Crippen LogP contribution in [0.2, 0.25) is 0 Å². The molecule has 0 aliphatic carbocycles. The highest BCUT2D eigenvalue weighted by molar-refractivity contribution is 9.10. The standard InChI is InChI=1S/C14H14BrFN2O/c1-3-11-14(15)12(18(2)17-11)8-13(19)9-4-6-10(16)7-5-9/h4-7H,3,8H2,1-2H3. The van der Waals surface area contributed by atoms with Crippen LogP contribution in [0, 0.1) is 5.82 Å². The summed E-state index contributed by atoms with van der Waals surface area (Å²) in [5, 5.41) is 4.35. The van der Waals surface area contributed by atoms with Gasteiger partial charge in [0.1, 0.15) is 5.82 Å². The zero-order valence-corrected chi connectivity index (χ0v) is 12.4. The molecule has 0 aliphatic rings. The third-order valence-electron chi connectivity index (χ3n) is 3.00. The highest BCUT2D eigenvalue weighted by atomic mass is 79.9. The van der Waals surface area contributed by atoms with Crippen molar-refractivity contribution in [3.05, 3.63) is 51.5 Å². The molecule has 19 heavy (non-hydrogen) atoms. The van der Waals surface area contributed by atoms with Gasteiger partial charge in [-0.25, -0.2) is 4.39 Å². The lowest BCUT2D eigenvalue weighted by Crippen LogP contribution is -2.08. The summed E-state index contributed by atoms with van der Waals surface area (Å²) >= 11 is 3.48. The zero-order chi connectivity index (χ0) is 14.0. The summed E-state index contributed by atoms with van der Waals surface area (Å²) in [7, 11) is 1.82. The van der Waals surface area contributed by atoms with E-state index >= 15 is 0 Å². The molecule has 0 N–H and O–H groups in total. The second-order valence-electron chi connectivity index (χ2n) is 4.29. The fraction of sp³-hybridized carbons (Fsp3) is 0.286. The van der Waals surface area contributed by atoms with Gasteiger partial charge in [0.2, 0.25) is 0 Å². The minimum atomic E-state index is -0.341. The molecule has 0 aliphatic heterocycles. The van der Waals surface area contributed by atoms with E-state index in [0.717, 1.165) is 22.3 Å². The normalized spacial score (nSPS) is 10.7. The minimum absolute atomic E-state index is 0.0497. The fourth-order valence-electron chi connectivity index (χ4n) is 1.90. The Kier molecular flexibility index (Phi) is 4.14. The predicted molar refractivity (Wildman–Crippen MR) is 74.7 cm³/mol. The number of benzene rings is 1. The van der Waals surface area contributed by atoms with Crippen LogP contribution in [-0.2, 0) is 19.9 Å². The molecule has 2 aromatic rings. The van der Waals surface area contributed by atoms with Crippen LogP contribution in [0.1, 0.15) is 28.7 Å². The zero-order valence-electron chi connectivity index (χ0n) is 10.8. The van der Waals surface area contributed by atoms with Crippen LogP contribution in [-0.4, -0.2) is 15.6 Å². The van der Waals surface area contributed by atoms with Crippen LogP contribution in [0.4, 0.5) is 4.39 Å². The Morgan fingerprint density at radius 1 is 1.37 bits per heavy atom. The van der Waals surface area contributed by atoms with Crippen molar-refractivity contribution in [2.24, 2.45) is 7.05 Å². The first-order valence-corrected chi connectivity index (χ1v) is 6.81. The number of aryl methyl sites for hydroxylation is 2. The smallest absolute Gasteiger partial charge is 0.168 e. The third kappa shape index (κ3) is 2.92. The summed E-state index contributed by atoms with van der Waals surface area (Å²) in [6, 6.07) is 5.59. The number of rotatable bonds is 4. The van der Waals surface area contributed by atoms with Gasteiger partial charge in [-0.2, -0.15) is 5.10 Å². The van der Waals surface area contributed by atoms with Gasteiger partial charge in [-0.3, -0.25) is 9.48 Å². The first-order valence-electron chi connectivity index (χ1n) is 6.02. The van der Waals surface area contributed by atoms with E-state index in [9.17, 15) is 9.18 Å². The van der Waals surface area contributed by atoms with E-state index in [1.807, 2.05) is 14.0 Å². The van der Waals surface area contributed by atoms with E-state index in [4.69, 9.17) is 0 Å². The molecule has 1 aromatic carbocycles. The molecular formula is C14H14BrFN2O. The lowest BCUT2D eigenvalue weighted by Gasteiger charge is -2.03. The summed E-state index contributed by atoms with van der Waals surface area (Å²) < 4.78 is 15.4. The van der Waals surface area contributed by atoms with Gasteiger partial charge in [-0.05, 0) is 46.6 Å². The average molecular weight is 325 g/mol. The van der Waals surface area contributed by atoms with Crippen LogP contribution < -0.4 is 0 Å². The van der Waals surface area contributed by atoms with Gasteiger partial charge >= 0.3 is 0 Å². The number of halogens is 2. The van der Waals surface area contributed by atoms with Crippen LogP contribution in [0.3, 0.4) is 0 Å². The molecule has 2 rings (SSSR count). The van der Waals surface area contributed by atoms with Crippen LogP contribution in [0.25, 0.3) is 0 Å². The molecule has 1 heterocycles. The summed E-state index contributed by atoms with van der Waals surface area (Å²) in [4.78, 5) is 12.1. The SMILES string of the molecule is CCc1nn(C)c(CC(=O)c2ccc(F)cc2)c1Br. The Balaban J connectivity index is 2.24. The van der Waals surface area contributed by atoms with Crippen molar-refractivity contribution in [1.29, 1.82) is 0 Å². The minimum Gasteiger partial charge on any atom is -0.294 e. The summed E-state index contributed by atoms with van der Waals surface area (Å²) in [5.74, 6) is -0.391. The van der Waals surface area contributed by atoms with E-state index in [2.05, 4.69) is 21.0 Å². The summed E-state index contributed by atoms with van der Waals surface area (Å²) in [5.41, 5.74) is 2.28. The molecule has 0 saturated carbocycles. The molecule has 0 amide bonds. The van der Waals surface area contributed by atoms with Crippen molar-refractivity contribution in [2.75, 3.05) is 0 Å². The van der Waals surface area contributed by atoms with E-state index < -0.39 is 0 Å². The van der Waals surface area contributed by atoms with Crippen LogP contribution in [0.5, 0.6) is 0 Å². The van der Waals surface area contributed by atoms with Gasteiger partial charge in [-0.15, -0.1) is 0 Å². The second-order valence-corrected chi connectivity index (χ2v) is 5.08. The number of carbonyl (C=O) groups is 1. The molecule has 0 radical (unpaired) electrons. The molecule has 5 heteroatoms. The van der Waals surface area contributed by atoms with Crippen LogP contribution >= 0.6 is 15.9 Å². The van der Waals surface area contributed by atoms with E-state index in [-0.39, 0.29) is 18.0 Å². The van der Waals surface area contributed by atoms with Crippen molar-refractivity contribution >= 4 is 21.7 Å². The van der Waals surface area contributed by atoms with E-state index in [0.29, 0.717) is 5.56 Å². The molecular weight excluding hydrogens is 311 g/mol. The van der Waals surface area contributed by atoms with E-state index in [1.165, 1.54) is 24.3 Å². The van der Waals surface area contributed by atoms with Crippen molar-refractivity contribution in [3.8, 4) is 0 Å². The van der Waals surface area contributed by atoms with Crippen molar-refractivity contribution in [2.45, 2.75) is 19.8 Å². The summed E-state index contributed by atoms with van der Waals surface area (Å²) in [6.07, 6.45) is 1.05. The molecule has 0 spiro atoms. The molecule has 0 fully saturated rings. The van der Waals surface area contributed by atoms with Gasteiger partial charge in [-0.1, -0.05) is 6.92 Å². The van der Waals surface area contributed by atoms with Crippen molar-refractivity contribution in [1.82, 2.24) is 9.78 Å². The topological polar surface area (TPSA) is 34.9 Å². The van der Waals surface area contributed by atoms with Gasteiger partial charge in [0.25, 0.3) is 0 Å². The first-order chi connectivity index (χ1) is 9.02. The molecule has 3 nitrogen and oxygen atoms in total. The number of Topliss-reactive ketones (excluding diaryl/α,β-unsaturated/α-hetero) is 1. The van der Waals surface area contributed by atoms with Crippen LogP contribution in [0.15, 0.2) is 28.7 Å². The number of ketones is 1. The van der Waals surface area contributed by atoms with Gasteiger partial charge in [0.15, 0.2) is 5.78 Å². The maximum absolute atomic E-state index is 12.8. The fourth-order valence-corrected chi connectivity index (χ4v) is 2.66. The average Bonchev–Trinajstić information content (AvgIpc) is 2.67. The maximum Gasteiger partial charge on any atom is 0.168 e. The number of carbonyl (C=O) groups excluding carboxylic acids is 1. The Bertz CT molecular complexity index is 605. The molecule has 1 aromatic heterocycles. The third-order valence-corrected chi connectivity index (χ3v) is 3.91. The van der Waals surface area contributed by atoms with Gasteiger partial charge in [0, 0.05) is 12.6 Å². The Morgan fingerprint density at radius 3 is 2.53 bits per heavy atom. The van der Waals surface area contributed by atoms with Gasteiger partial charge < -0.3 is 0 Å². The molecule has 0 atom stereocenters. The summed E-state index contributed by atoms with van der Waals surface area (Å²) in [6.45, 7) is 2.01. The lowest BCUT2D eigenvalue weighted by atomic mass is 10.1. The largest absolute Gasteiger partial charge is 0.294 e. The Hall–Kier alpha value is -1.49. The highest BCUT2D eigenvalue weighted by Crippen LogP contribution is 2.23. The molecule has 0 bridgehead atoms. The molecule has 0 saturated heterocycles. The number of aromatic nitrogens is 2. The number of hydrogen-bond donors (Lipinski definition) is 0. The highest BCUT2D eigenvalue weighted by Gasteiger charge is 2.16. The van der Waals surface area contributed by atoms with E-state index in [1.54, 1.807) is 4.68 Å². The Morgan fingerprint density at radius 2 is 2.00 bits per heavy atom. The number of nitrogens with zero attached hydrogens (tertiary/aromatic N) is 2. The van der Waals surface area contributed by atoms with Gasteiger partial charge in [0.05, 0.1) is 22.3 Å². The Labute approximate surface area is 119 Å². The lowest BCUT2D eigenvalue weighted by molar-refractivity contribution is 0.0990. The molecule has 100 valence electrons. The van der Waals surface area contributed by atoms with Crippen molar-refractivity contribution < 1.29 is 9.18 Å². The number of hydrogen-bond acceptors (Lipinski definition) is 2. The predicted octanol–water partition coefficient (Wildman–Crippen LogP) is 3.31. The maximum atomic E-state index is 12.8. The second kappa shape index (κ2) is 5.65. The monoisotopic (exact) mass is 324 g/mol. The van der Waals surface area contributed by atoms with Crippen molar-refractivity contribution in [3.63, 3.8) is 0 Å². The molecule has 0 unspecified atom stereocenters. The quantitative estimate of drug-likeness (QED) is 0.809.